The number of primary amides is 1. The fraction of sp³-hybridized carbons (Fsp3) is 0.300. The van der Waals surface area contributed by atoms with E-state index in [2.05, 4.69) is 4.98 Å². The Hall–Kier alpha value is -3.51. The lowest BCUT2D eigenvalue weighted by Gasteiger charge is -2.33. The minimum Gasteiger partial charge on any atom is -0.364 e. The second-order valence-electron chi connectivity index (χ2n) is 7.64. The molecule has 1 saturated heterocycles. The molecular weight excluding hydrogens is 436 g/mol. The van der Waals surface area contributed by atoms with E-state index in [4.69, 9.17) is 5.73 Å². The van der Waals surface area contributed by atoms with Crippen molar-refractivity contribution in [1.29, 1.82) is 0 Å². The molecule has 4 rings (SSSR count). The summed E-state index contributed by atoms with van der Waals surface area (Å²) < 4.78 is 29.8. The third kappa shape index (κ3) is 3.67. The first-order chi connectivity index (χ1) is 15.1. The van der Waals surface area contributed by atoms with Gasteiger partial charge in [0.1, 0.15) is 21.8 Å². The van der Waals surface area contributed by atoms with Gasteiger partial charge in [0.05, 0.1) is 0 Å². The molecule has 1 aliphatic rings. The van der Waals surface area contributed by atoms with Gasteiger partial charge in [-0.2, -0.15) is 4.31 Å². The molecule has 1 fully saturated rings. The third-order valence-electron chi connectivity index (χ3n) is 5.48. The summed E-state index contributed by atoms with van der Waals surface area (Å²) in [6.07, 6.45) is 4.20. The number of nitrogens with two attached hydrogens (primary N) is 1. The van der Waals surface area contributed by atoms with Gasteiger partial charge in [0, 0.05) is 51.8 Å². The molecule has 0 radical (unpaired) electrons. The van der Waals surface area contributed by atoms with Gasteiger partial charge < -0.3 is 15.2 Å². The summed E-state index contributed by atoms with van der Waals surface area (Å²) in [6, 6.07) is 4.75. The molecule has 12 heteroatoms. The predicted molar refractivity (Wildman–Crippen MR) is 115 cm³/mol. The number of fused-ring (bicyclic) bond motifs is 1. The van der Waals surface area contributed by atoms with Crippen molar-refractivity contribution in [2.75, 3.05) is 26.2 Å². The number of aryl methyl sites for hydroxylation is 2. The monoisotopic (exact) mass is 458 g/mol. The SMILES string of the molecule is Cc1ccc2ncc(C(=O)N3CCN(S(=O)(=O)c4cc(C(N)=O)n(C)c4)CC3)c(=O)n2c1. The van der Waals surface area contributed by atoms with Crippen molar-refractivity contribution >= 4 is 27.5 Å². The van der Waals surface area contributed by atoms with E-state index in [-0.39, 0.29) is 42.3 Å². The Labute approximate surface area is 183 Å². The Kier molecular flexibility index (Phi) is 5.34. The highest BCUT2D eigenvalue weighted by Gasteiger charge is 2.32. The van der Waals surface area contributed by atoms with E-state index >= 15 is 0 Å². The first-order valence-electron chi connectivity index (χ1n) is 9.83. The lowest BCUT2D eigenvalue weighted by atomic mass is 10.2. The number of nitrogens with zero attached hydrogens (tertiary/aromatic N) is 5. The quantitative estimate of drug-likeness (QED) is 0.564. The van der Waals surface area contributed by atoms with Crippen LogP contribution in [0.3, 0.4) is 0 Å². The van der Waals surface area contributed by atoms with E-state index in [9.17, 15) is 22.8 Å². The van der Waals surface area contributed by atoms with Crippen LogP contribution in [0.1, 0.15) is 26.4 Å². The van der Waals surface area contributed by atoms with Crippen molar-refractivity contribution in [3.8, 4) is 0 Å². The molecule has 0 bridgehead atoms. The van der Waals surface area contributed by atoms with Crippen LogP contribution in [-0.2, 0) is 17.1 Å². The zero-order valence-electron chi connectivity index (χ0n) is 17.6. The lowest BCUT2D eigenvalue weighted by molar-refractivity contribution is 0.0695. The van der Waals surface area contributed by atoms with Crippen molar-refractivity contribution in [3.05, 3.63) is 64.0 Å². The van der Waals surface area contributed by atoms with Crippen molar-refractivity contribution in [2.24, 2.45) is 12.8 Å². The summed E-state index contributed by atoms with van der Waals surface area (Å²) in [7, 11) is -2.33. The molecule has 0 atom stereocenters. The average molecular weight is 459 g/mol. The van der Waals surface area contributed by atoms with Gasteiger partial charge in [-0.3, -0.25) is 18.8 Å². The zero-order chi connectivity index (χ0) is 23.2. The molecule has 168 valence electrons. The van der Waals surface area contributed by atoms with E-state index < -0.39 is 27.4 Å². The van der Waals surface area contributed by atoms with Crippen LogP contribution in [-0.4, -0.2) is 69.6 Å². The molecule has 0 aromatic carbocycles. The van der Waals surface area contributed by atoms with Gasteiger partial charge in [0.25, 0.3) is 17.4 Å². The maximum atomic E-state index is 12.9. The molecule has 11 nitrogen and oxygen atoms in total. The maximum absolute atomic E-state index is 12.9. The normalized spacial score (nSPS) is 15.2. The smallest absolute Gasteiger partial charge is 0.270 e. The molecule has 0 spiro atoms. The zero-order valence-corrected chi connectivity index (χ0v) is 18.4. The number of pyridine rings is 1. The van der Waals surface area contributed by atoms with Crippen molar-refractivity contribution < 1.29 is 18.0 Å². The second-order valence-corrected chi connectivity index (χ2v) is 9.58. The van der Waals surface area contributed by atoms with Crippen molar-refractivity contribution in [3.63, 3.8) is 0 Å². The number of amides is 2. The van der Waals surface area contributed by atoms with Crippen LogP contribution in [0.2, 0.25) is 0 Å². The molecule has 3 aromatic rings. The molecule has 3 aromatic heterocycles. The summed E-state index contributed by atoms with van der Waals surface area (Å²) >= 11 is 0. The largest absolute Gasteiger partial charge is 0.364 e. The van der Waals surface area contributed by atoms with E-state index in [1.54, 1.807) is 12.3 Å². The summed E-state index contributed by atoms with van der Waals surface area (Å²) in [5.74, 6) is -1.22. The minimum absolute atomic E-state index is 0.0408. The molecule has 4 heterocycles. The van der Waals surface area contributed by atoms with E-state index in [0.717, 1.165) is 5.56 Å². The molecule has 32 heavy (non-hydrogen) atoms. The first kappa shape index (κ1) is 21.7. The standard InChI is InChI=1S/C20H22N6O5S/c1-13-3-4-17-22-10-15(20(29)26(17)11-13)19(28)24-5-7-25(8-6-24)32(30,31)14-9-16(18(21)27)23(2)12-14/h3-4,9-12H,5-8H2,1-2H3,(H2,21,27). The minimum atomic E-state index is -3.86. The van der Waals surface area contributed by atoms with Crippen LogP contribution >= 0.6 is 0 Å². The van der Waals surface area contributed by atoms with Crippen LogP contribution < -0.4 is 11.3 Å². The van der Waals surface area contributed by atoms with E-state index in [1.807, 2.05) is 13.0 Å². The van der Waals surface area contributed by atoms with Gasteiger partial charge in [0.15, 0.2) is 0 Å². The fourth-order valence-corrected chi connectivity index (χ4v) is 5.19. The number of aromatic nitrogens is 3. The summed E-state index contributed by atoms with van der Waals surface area (Å²) in [5.41, 5.74) is 6.09. The van der Waals surface area contributed by atoms with Crippen LogP contribution in [0.15, 0.2) is 46.5 Å². The number of piperazine rings is 1. The van der Waals surface area contributed by atoms with Crippen LogP contribution in [0, 0.1) is 6.92 Å². The highest BCUT2D eigenvalue weighted by Crippen LogP contribution is 2.20. The molecule has 2 amide bonds. The van der Waals surface area contributed by atoms with Crippen LogP contribution in [0.4, 0.5) is 0 Å². The number of sulfonamides is 1. The lowest BCUT2D eigenvalue weighted by Crippen LogP contribution is -2.51. The van der Waals surface area contributed by atoms with Crippen molar-refractivity contribution in [1.82, 2.24) is 23.2 Å². The number of hydrogen-bond acceptors (Lipinski definition) is 6. The van der Waals surface area contributed by atoms with Gasteiger partial charge in [-0.15, -0.1) is 0 Å². The summed E-state index contributed by atoms with van der Waals surface area (Å²) in [6.45, 7) is 2.17. The van der Waals surface area contributed by atoms with Gasteiger partial charge in [0.2, 0.25) is 10.0 Å². The third-order valence-corrected chi connectivity index (χ3v) is 7.34. The molecule has 2 N–H and O–H groups in total. The Morgan fingerprint density at radius 2 is 1.78 bits per heavy atom. The molecular formula is C20H22N6O5S. The Balaban J connectivity index is 1.52. The second kappa shape index (κ2) is 7.88. The summed E-state index contributed by atoms with van der Waals surface area (Å²) in [4.78, 5) is 42.8. The number of carbonyl (C=O) groups excluding carboxylic acids is 2. The number of carbonyl (C=O) groups is 2. The van der Waals surface area contributed by atoms with Crippen molar-refractivity contribution in [2.45, 2.75) is 11.8 Å². The molecule has 0 unspecified atom stereocenters. The van der Waals surface area contributed by atoms with E-state index in [1.165, 1.54) is 43.7 Å². The van der Waals surface area contributed by atoms with Gasteiger partial charge in [-0.1, -0.05) is 6.07 Å². The predicted octanol–water partition coefficient (Wildman–Crippen LogP) is -0.413. The fourth-order valence-electron chi connectivity index (χ4n) is 3.70. The first-order valence-corrected chi connectivity index (χ1v) is 11.3. The molecule has 0 saturated carbocycles. The topological polar surface area (TPSA) is 140 Å². The molecule has 0 aliphatic carbocycles. The van der Waals surface area contributed by atoms with Gasteiger partial charge in [-0.25, -0.2) is 13.4 Å². The highest BCUT2D eigenvalue weighted by atomic mass is 32.2. The maximum Gasteiger partial charge on any atom is 0.270 e. The average Bonchev–Trinajstić information content (AvgIpc) is 3.17. The Morgan fingerprint density at radius 1 is 1.09 bits per heavy atom. The number of hydrogen-bond donors (Lipinski definition) is 1. The summed E-state index contributed by atoms with van der Waals surface area (Å²) in [5, 5.41) is 0. The van der Waals surface area contributed by atoms with Gasteiger partial charge >= 0.3 is 0 Å². The highest BCUT2D eigenvalue weighted by molar-refractivity contribution is 7.89. The van der Waals surface area contributed by atoms with Gasteiger partial charge in [-0.05, 0) is 24.6 Å². The van der Waals surface area contributed by atoms with Crippen LogP contribution in [0.5, 0.6) is 0 Å². The molecule has 1 aliphatic heterocycles. The van der Waals surface area contributed by atoms with E-state index in [0.29, 0.717) is 5.65 Å². The van der Waals surface area contributed by atoms with Crippen LogP contribution in [0.25, 0.3) is 5.65 Å². The Bertz CT molecular complexity index is 1400. The Morgan fingerprint density at radius 3 is 2.41 bits per heavy atom. The number of rotatable bonds is 4.